The van der Waals surface area contributed by atoms with Crippen LogP contribution >= 0.6 is 0 Å². The molecule has 86 valence electrons. The lowest BCUT2D eigenvalue weighted by Gasteiger charge is -2.32. The molecule has 0 saturated carbocycles. The molecule has 1 aromatic rings. The second kappa shape index (κ2) is 5.12. The molecule has 0 bridgehead atoms. The predicted octanol–water partition coefficient (Wildman–Crippen LogP) is 1.05. The van der Waals surface area contributed by atoms with Gasteiger partial charge >= 0.3 is 0 Å². The molecule has 1 aliphatic rings. The fourth-order valence-corrected chi connectivity index (χ4v) is 2.04. The Morgan fingerprint density at radius 1 is 1.44 bits per heavy atom. The quantitative estimate of drug-likeness (QED) is 0.804. The summed E-state index contributed by atoms with van der Waals surface area (Å²) in [7, 11) is 0. The lowest BCUT2D eigenvalue weighted by molar-refractivity contribution is -0.131. The number of nitrogens with zero attached hydrogens (tertiary/aromatic N) is 1. The lowest BCUT2D eigenvalue weighted by atomic mass is 10.1. The van der Waals surface area contributed by atoms with E-state index in [2.05, 4.69) is 12.2 Å². The average Bonchev–Trinajstić information content (AvgIpc) is 2.30. The summed E-state index contributed by atoms with van der Waals surface area (Å²) in [5.74, 6) is 0.236. The van der Waals surface area contributed by atoms with E-state index in [0.717, 1.165) is 25.2 Å². The normalized spacial score (nSPS) is 20.8. The number of hydrogen-bond acceptors (Lipinski definition) is 2. The summed E-state index contributed by atoms with van der Waals surface area (Å²) < 4.78 is 0. The van der Waals surface area contributed by atoms with Gasteiger partial charge in [0.05, 0.1) is 6.42 Å². The molecule has 16 heavy (non-hydrogen) atoms. The number of hydrogen-bond donors (Lipinski definition) is 1. The van der Waals surface area contributed by atoms with Crippen molar-refractivity contribution >= 4 is 5.91 Å². The zero-order valence-electron chi connectivity index (χ0n) is 9.65. The molecule has 1 fully saturated rings. The third-order valence-corrected chi connectivity index (χ3v) is 2.92. The van der Waals surface area contributed by atoms with E-state index in [1.54, 1.807) is 0 Å². The van der Waals surface area contributed by atoms with Gasteiger partial charge in [-0.05, 0) is 12.5 Å². The summed E-state index contributed by atoms with van der Waals surface area (Å²) in [5, 5.41) is 3.34. The minimum Gasteiger partial charge on any atom is -0.340 e. The highest BCUT2D eigenvalue weighted by atomic mass is 16.2. The van der Waals surface area contributed by atoms with E-state index in [9.17, 15) is 4.79 Å². The van der Waals surface area contributed by atoms with E-state index in [0.29, 0.717) is 12.5 Å². The Hall–Kier alpha value is -1.35. The van der Waals surface area contributed by atoms with Gasteiger partial charge in [0.1, 0.15) is 0 Å². The molecule has 1 N–H and O–H groups in total. The third-order valence-electron chi connectivity index (χ3n) is 2.92. The second-order valence-electron chi connectivity index (χ2n) is 4.36. The fourth-order valence-electron chi connectivity index (χ4n) is 2.04. The van der Waals surface area contributed by atoms with E-state index in [4.69, 9.17) is 0 Å². The zero-order chi connectivity index (χ0) is 11.4. The van der Waals surface area contributed by atoms with Crippen molar-refractivity contribution in [1.29, 1.82) is 0 Å². The number of nitrogens with one attached hydrogen (secondary N) is 1. The Morgan fingerprint density at radius 3 is 2.88 bits per heavy atom. The highest BCUT2D eigenvalue weighted by Crippen LogP contribution is 2.05. The van der Waals surface area contributed by atoms with Crippen molar-refractivity contribution < 1.29 is 4.79 Å². The first kappa shape index (κ1) is 11.1. The van der Waals surface area contributed by atoms with Crippen LogP contribution < -0.4 is 5.32 Å². The van der Waals surface area contributed by atoms with Crippen LogP contribution in [0, 0.1) is 0 Å². The van der Waals surface area contributed by atoms with Crippen LogP contribution in [0.4, 0.5) is 0 Å². The number of rotatable bonds is 2. The van der Waals surface area contributed by atoms with Crippen LogP contribution in [0.2, 0.25) is 0 Å². The molecule has 3 heteroatoms. The van der Waals surface area contributed by atoms with Crippen molar-refractivity contribution in [2.45, 2.75) is 19.4 Å². The molecule has 3 nitrogen and oxygen atoms in total. The molecular weight excluding hydrogens is 200 g/mol. The summed E-state index contributed by atoms with van der Waals surface area (Å²) in [6, 6.07) is 10.3. The van der Waals surface area contributed by atoms with Gasteiger partial charge in [0.2, 0.25) is 5.91 Å². The lowest BCUT2D eigenvalue weighted by Crippen LogP contribution is -2.51. The van der Waals surface area contributed by atoms with E-state index < -0.39 is 0 Å². The standard InChI is InChI=1S/C13H18N2O/c1-11-10-15(8-7-14-11)13(16)9-12-5-3-2-4-6-12/h2-6,11,14H,7-10H2,1H3/t11-/m0/s1. The molecule has 1 aliphatic heterocycles. The van der Waals surface area contributed by atoms with Crippen LogP contribution in [-0.2, 0) is 11.2 Å². The number of piperazine rings is 1. The molecule has 0 aromatic heterocycles. The van der Waals surface area contributed by atoms with E-state index in [1.807, 2.05) is 35.2 Å². The Labute approximate surface area is 96.5 Å². The van der Waals surface area contributed by atoms with Crippen molar-refractivity contribution in [1.82, 2.24) is 10.2 Å². The SMILES string of the molecule is C[C@H]1CN(C(=O)Cc2ccccc2)CCN1. The Balaban J connectivity index is 1.93. The van der Waals surface area contributed by atoms with Crippen LogP contribution in [-0.4, -0.2) is 36.5 Å². The molecule has 1 saturated heterocycles. The molecule has 0 unspecified atom stereocenters. The van der Waals surface area contributed by atoms with Gasteiger partial charge in [-0.15, -0.1) is 0 Å². The van der Waals surface area contributed by atoms with Crippen molar-refractivity contribution in [3.8, 4) is 0 Å². The van der Waals surface area contributed by atoms with Gasteiger partial charge in [-0.2, -0.15) is 0 Å². The molecule has 2 rings (SSSR count). The number of amides is 1. The monoisotopic (exact) mass is 218 g/mol. The smallest absolute Gasteiger partial charge is 0.227 e. The molecule has 0 aliphatic carbocycles. The maximum absolute atomic E-state index is 12.0. The molecular formula is C13H18N2O. The maximum Gasteiger partial charge on any atom is 0.227 e. The largest absolute Gasteiger partial charge is 0.340 e. The van der Waals surface area contributed by atoms with Crippen LogP contribution in [0.5, 0.6) is 0 Å². The summed E-state index contributed by atoms with van der Waals surface area (Å²) in [6.07, 6.45) is 0.521. The van der Waals surface area contributed by atoms with Crippen LogP contribution in [0.15, 0.2) is 30.3 Å². The average molecular weight is 218 g/mol. The van der Waals surface area contributed by atoms with Gasteiger partial charge in [-0.1, -0.05) is 30.3 Å². The Kier molecular flexibility index (Phi) is 3.57. The summed E-state index contributed by atoms with van der Waals surface area (Å²) >= 11 is 0. The van der Waals surface area contributed by atoms with Crippen molar-refractivity contribution in [3.63, 3.8) is 0 Å². The molecule has 1 aromatic carbocycles. The number of benzene rings is 1. The summed E-state index contributed by atoms with van der Waals surface area (Å²) in [4.78, 5) is 14.0. The first-order chi connectivity index (χ1) is 7.75. The van der Waals surface area contributed by atoms with Gasteiger partial charge < -0.3 is 10.2 Å². The molecule has 0 radical (unpaired) electrons. The highest BCUT2D eigenvalue weighted by Gasteiger charge is 2.20. The predicted molar refractivity (Wildman–Crippen MR) is 64.2 cm³/mol. The van der Waals surface area contributed by atoms with E-state index >= 15 is 0 Å². The van der Waals surface area contributed by atoms with Gasteiger partial charge in [-0.25, -0.2) is 0 Å². The second-order valence-corrected chi connectivity index (χ2v) is 4.36. The molecule has 1 atom stereocenters. The summed E-state index contributed by atoms with van der Waals surface area (Å²) in [5.41, 5.74) is 1.10. The molecule has 1 heterocycles. The van der Waals surface area contributed by atoms with Gasteiger partial charge in [0.15, 0.2) is 0 Å². The maximum atomic E-state index is 12.0. The van der Waals surface area contributed by atoms with Crippen LogP contribution in [0.1, 0.15) is 12.5 Å². The van der Waals surface area contributed by atoms with Gasteiger partial charge in [-0.3, -0.25) is 4.79 Å². The van der Waals surface area contributed by atoms with Crippen LogP contribution in [0.3, 0.4) is 0 Å². The van der Waals surface area contributed by atoms with Crippen LogP contribution in [0.25, 0.3) is 0 Å². The fraction of sp³-hybridized carbons (Fsp3) is 0.462. The van der Waals surface area contributed by atoms with Gasteiger partial charge in [0.25, 0.3) is 0 Å². The molecule has 0 spiro atoms. The third kappa shape index (κ3) is 2.83. The van der Waals surface area contributed by atoms with E-state index in [1.165, 1.54) is 0 Å². The van der Waals surface area contributed by atoms with Gasteiger partial charge in [0, 0.05) is 25.7 Å². The first-order valence-electron chi connectivity index (χ1n) is 5.81. The molecule has 1 amide bonds. The van der Waals surface area contributed by atoms with E-state index in [-0.39, 0.29) is 5.91 Å². The van der Waals surface area contributed by atoms with Crippen molar-refractivity contribution in [3.05, 3.63) is 35.9 Å². The Bertz CT molecular complexity index is 350. The first-order valence-corrected chi connectivity index (χ1v) is 5.81. The highest BCUT2D eigenvalue weighted by molar-refractivity contribution is 5.78. The Morgan fingerprint density at radius 2 is 2.19 bits per heavy atom. The zero-order valence-corrected chi connectivity index (χ0v) is 9.65. The summed E-state index contributed by atoms with van der Waals surface area (Å²) in [6.45, 7) is 4.67. The van der Waals surface area contributed by atoms with Crippen molar-refractivity contribution in [2.24, 2.45) is 0 Å². The minimum atomic E-state index is 0.236. The minimum absolute atomic E-state index is 0.236. The number of carbonyl (C=O) groups is 1. The number of carbonyl (C=O) groups excluding carboxylic acids is 1. The van der Waals surface area contributed by atoms with Crippen molar-refractivity contribution in [2.75, 3.05) is 19.6 Å². The topological polar surface area (TPSA) is 32.3 Å².